The van der Waals surface area contributed by atoms with E-state index in [1.165, 1.54) is 0 Å². The molecule has 0 bridgehead atoms. The lowest BCUT2D eigenvalue weighted by Gasteiger charge is -2.11. The first-order valence-corrected chi connectivity index (χ1v) is 4.11. The van der Waals surface area contributed by atoms with E-state index < -0.39 is 0 Å². The predicted octanol–water partition coefficient (Wildman–Crippen LogP) is 1.35. The number of hydrogen-bond donors (Lipinski definition) is 1. The molecule has 1 aliphatic heterocycles. The lowest BCUT2D eigenvalue weighted by molar-refractivity contribution is 0.124. The smallest absolute Gasteiger partial charge is 0.102 e. The Labute approximate surface area is 67.9 Å². The van der Waals surface area contributed by atoms with Crippen LogP contribution in [0, 0.1) is 5.92 Å². The molecule has 64 valence electrons. The van der Waals surface area contributed by atoms with Gasteiger partial charge >= 0.3 is 0 Å². The first-order valence-electron chi connectivity index (χ1n) is 4.11. The highest BCUT2D eigenvalue weighted by atomic mass is 16.6. The van der Waals surface area contributed by atoms with Crippen LogP contribution in [0.15, 0.2) is 12.7 Å². The van der Waals surface area contributed by atoms with Gasteiger partial charge in [-0.3, -0.25) is 0 Å². The summed E-state index contributed by atoms with van der Waals surface area (Å²) < 4.78 is 5.26. The van der Waals surface area contributed by atoms with Gasteiger partial charge in [-0.05, 0) is 19.3 Å². The fourth-order valence-corrected chi connectivity index (χ4v) is 1.12. The fraction of sp³-hybridized carbons (Fsp3) is 0.778. The Bertz CT molecular complexity index is 142. The Hall–Kier alpha value is -0.340. The van der Waals surface area contributed by atoms with Gasteiger partial charge in [0.25, 0.3) is 0 Å². The third-order valence-corrected chi connectivity index (χ3v) is 2.28. The van der Waals surface area contributed by atoms with Gasteiger partial charge in [-0.15, -0.1) is 6.58 Å². The van der Waals surface area contributed by atoms with Gasteiger partial charge in [0.15, 0.2) is 0 Å². The van der Waals surface area contributed by atoms with Crippen LogP contribution in [0.1, 0.15) is 20.3 Å². The molecule has 4 atom stereocenters. The van der Waals surface area contributed by atoms with Crippen molar-refractivity contribution in [3.05, 3.63) is 12.7 Å². The largest absolute Gasteiger partial charge is 0.393 e. The molecular weight excluding hydrogens is 140 g/mol. The summed E-state index contributed by atoms with van der Waals surface area (Å²) in [5, 5.41) is 9.18. The van der Waals surface area contributed by atoms with E-state index in [9.17, 15) is 5.11 Å². The highest BCUT2D eigenvalue weighted by Crippen LogP contribution is 2.29. The molecule has 1 aliphatic rings. The summed E-state index contributed by atoms with van der Waals surface area (Å²) in [5.41, 5.74) is 0. The van der Waals surface area contributed by atoms with Crippen LogP contribution >= 0.6 is 0 Å². The first kappa shape index (κ1) is 8.75. The van der Waals surface area contributed by atoms with Crippen molar-refractivity contribution in [2.45, 2.75) is 38.6 Å². The van der Waals surface area contributed by atoms with Gasteiger partial charge in [0.05, 0.1) is 12.2 Å². The maximum Gasteiger partial charge on any atom is 0.102 e. The molecule has 0 saturated carbocycles. The second-order valence-electron chi connectivity index (χ2n) is 3.33. The van der Waals surface area contributed by atoms with E-state index in [-0.39, 0.29) is 12.2 Å². The molecule has 2 nitrogen and oxygen atoms in total. The standard InChI is InChI=1S/C9H16O2/c1-4-8-9(11-8)5-6(2)7(3)10/h4,6-10H,1,5H2,2-3H3/t6-,7+,8?,9?/m1/s1. The average Bonchev–Trinajstić information content (AvgIpc) is 2.67. The van der Waals surface area contributed by atoms with Crippen molar-refractivity contribution >= 4 is 0 Å². The van der Waals surface area contributed by atoms with Crippen LogP contribution in [-0.4, -0.2) is 23.4 Å². The number of aliphatic hydroxyl groups is 1. The minimum atomic E-state index is -0.232. The van der Waals surface area contributed by atoms with Crippen molar-refractivity contribution in [2.75, 3.05) is 0 Å². The summed E-state index contributed by atoms with van der Waals surface area (Å²) >= 11 is 0. The molecule has 1 N–H and O–H groups in total. The molecule has 0 spiro atoms. The van der Waals surface area contributed by atoms with Crippen LogP contribution in [0.25, 0.3) is 0 Å². The Morgan fingerprint density at radius 3 is 2.64 bits per heavy atom. The van der Waals surface area contributed by atoms with E-state index in [1.54, 1.807) is 0 Å². The normalized spacial score (nSPS) is 34.5. The number of ether oxygens (including phenoxy) is 1. The molecule has 1 saturated heterocycles. The average molecular weight is 156 g/mol. The van der Waals surface area contributed by atoms with Crippen LogP contribution in [0.3, 0.4) is 0 Å². The third-order valence-electron chi connectivity index (χ3n) is 2.28. The molecule has 0 aromatic rings. The van der Waals surface area contributed by atoms with Crippen LogP contribution in [0.5, 0.6) is 0 Å². The van der Waals surface area contributed by atoms with Crippen LogP contribution in [-0.2, 0) is 4.74 Å². The monoisotopic (exact) mass is 156 g/mol. The zero-order chi connectivity index (χ0) is 8.43. The van der Waals surface area contributed by atoms with Crippen molar-refractivity contribution in [3.8, 4) is 0 Å². The quantitative estimate of drug-likeness (QED) is 0.492. The second kappa shape index (κ2) is 3.37. The van der Waals surface area contributed by atoms with Crippen molar-refractivity contribution in [3.63, 3.8) is 0 Å². The summed E-state index contributed by atoms with van der Waals surface area (Å²) in [7, 11) is 0. The number of rotatable bonds is 4. The van der Waals surface area contributed by atoms with Gasteiger partial charge in [-0.1, -0.05) is 13.0 Å². The highest BCUT2D eigenvalue weighted by molar-refractivity contribution is 4.98. The van der Waals surface area contributed by atoms with Gasteiger partial charge in [-0.2, -0.15) is 0 Å². The molecule has 0 amide bonds. The molecule has 1 rings (SSSR count). The lowest BCUT2D eigenvalue weighted by Crippen LogP contribution is -2.15. The Morgan fingerprint density at radius 2 is 2.27 bits per heavy atom. The van der Waals surface area contributed by atoms with E-state index in [0.29, 0.717) is 12.0 Å². The van der Waals surface area contributed by atoms with Crippen molar-refractivity contribution in [1.29, 1.82) is 0 Å². The minimum absolute atomic E-state index is 0.232. The highest BCUT2D eigenvalue weighted by Gasteiger charge is 2.37. The van der Waals surface area contributed by atoms with Gasteiger partial charge in [0, 0.05) is 0 Å². The van der Waals surface area contributed by atoms with Gasteiger partial charge < -0.3 is 9.84 Å². The molecule has 1 heterocycles. The SMILES string of the molecule is C=CC1OC1C[C@@H](C)[C@H](C)O. The zero-order valence-electron chi connectivity index (χ0n) is 7.16. The molecule has 11 heavy (non-hydrogen) atoms. The topological polar surface area (TPSA) is 32.8 Å². The number of aliphatic hydroxyl groups excluding tert-OH is 1. The first-order chi connectivity index (χ1) is 5.15. The van der Waals surface area contributed by atoms with Crippen LogP contribution < -0.4 is 0 Å². The number of hydrogen-bond acceptors (Lipinski definition) is 2. The van der Waals surface area contributed by atoms with Crippen LogP contribution in [0.4, 0.5) is 0 Å². The van der Waals surface area contributed by atoms with Gasteiger partial charge in [0.2, 0.25) is 0 Å². The third kappa shape index (κ3) is 2.31. The molecule has 2 heteroatoms. The molecule has 1 fully saturated rings. The lowest BCUT2D eigenvalue weighted by atomic mass is 9.99. The number of epoxide rings is 1. The molecule has 0 aliphatic carbocycles. The molecular formula is C9H16O2. The minimum Gasteiger partial charge on any atom is -0.393 e. The summed E-state index contributed by atoms with van der Waals surface area (Å²) in [6.45, 7) is 7.49. The maximum atomic E-state index is 9.18. The Morgan fingerprint density at radius 1 is 1.64 bits per heavy atom. The van der Waals surface area contributed by atoms with Crippen molar-refractivity contribution < 1.29 is 9.84 Å². The Kier molecular flexibility index (Phi) is 2.68. The van der Waals surface area contributed by atoms with Crippen LogP contribution in [0.2, 0.25) is 0 Å². The zero-order valence-corrected chi connectivity index (χ0v) is 7.16. The predicted molar refractivity (Wildman–Crippen MR) is 44.3 cm³/mol. The Balaban J connectivity index is 2.17. The van der Waals surface area contributed by atoms with Crippen molar-refractivity contribution in [2.24, 2.45) is 5.92 Å². The summed E-state index contributed by atoms with van der Waals surface area (Å²) in [4.78, 5) is 0. The molecule has 0 aromatic heterocycles. The summed E-state index contributed by atoms with van der Waals surface area (Å²) in [6, 6.07) is 0. The molecule has 0 aromatic carbocycles. The van der Waals surface area contributed by atoms with E-state index in [2.05, 4.69) is 6.58 Å². The second-order valence-corrected chi connectivity index (χ2v) is 3.33. The van der Waals surface area contributed by atoms with Gasteiger partial charge in [0.1, 0.15) is 6.10 Å². The fourth-order valence-electron chi connectivity index (χ4n) is 1.12. The van der Waals surface area contributed by atoms with Gasteiger partial charge in [-0.25, -0.2) is 0 Å². The molecule has 0 radical (unpaired) electrons. The summed E-state index contributed by atoms with van der Waals surface area (Å²) in [5.74, 6) is 0.324. The van der Waals surface area contributed by atoms with E-state index in [1.807, 2.05) is 19.9 Å². The summed E-state index contributed by atoms with van der Waals surface area (Å²) in [6.07, 6.45) is 3.09. The van der Waals surface area contributed by atoms with E-state index in [4.69, 9.17) is 4.74 Å². The van der Waals surface area contributed by atoms with E-state index >= 15 is 0 Å². The van der Waals surface area contributed by atoms with E-state index in [0.717, 1.165) is 6.42 Å². The maximum absolute atomic E-state index is 9.18. The molecule has 2 unspecified atom stereocenters. The van der Waals surface area contributed by atoms with Crippen molar-refractivity contribution in [1.82, 2.24) is 0 Å².